The van der Waals surface area contributed by atoms with Crippen molar-refractivity contribution in [3.8, 4) is 11.9 Å². The summed E-state index contributed by atoms with van der Waals surface area (Å²) in [5.41, 5.74) is -0.599. The minimum Gasteiger partial charge on any atom is -0.472 e. The Bertz CT molecular complexity index is 864. The maximum absolute atomic E-state index is 12.5. The predicted molar refractivity (Wildman–Crippen MR) is 117 cm³/mol. The zero-order chi connectivity index (χ0) is 24.3. The van der Waals surface area contributed by atoms with Crippen LogP contribution in [-0.4, -0.2) is 62.5 Å². The van der Waals surface area contributed by atoms with Crippen LogP contribution < -0.4 is 9.47 Å². The van der Waals surface area contributed by atoms with Crippen LogP contribution in [0.25, 0.3) is 0 Å². The number of hydrogen-bond acceptors (Lipinski definition) is 10. The van der Waals surface area contributed by atoms with E-state index in [9.17, 15) is 14.4 Å². The second-order valence-electron chi connectivity index (χ2n) is 9.07. The molecule has 2 rings (SSSR count). The van der Waals surface area contributed by atoms with E-state index in [1.807, 2.05) is 41.5 Å². The molecule has 0 bridgehead atoms. The number of thioether (sulfide) groups is 1. The molecular formula is C21H31N3O7S. The number of hydrogen-bond donors (Lipinski definition) is 0. The van der Waals surface area contributed by atoms with Crippen LogP contribution in [-0.2, 0) is 19.1 Å². The number of nitrogens with zero attached hydrogens (tertiary/aromatic N) is 3. The van der Waals surface area contributed by atoms with Crippen molar-refractivity contribution in [3.63, 3.8) is 0 Å². The molecular weight excluding hydrogens is 438 g/mol. The lowest BCUT2D eigenvalue weighted by Crippen LogP contribution is -2.43. The first-order valence-corrected chi connectivity index (χ1v) is 11.3. The van der Waals surface area contributed by atoms with Gasteiger partial charge in [0.1, 0.15) is 22.6 Å². The number of amides is 1. The van der Waals surface area contributed by atoms with E-state index >= 15 is 0 Å². The number of carbonyl (C=O) groups is 3. The van der Waals surface area contributed by atoms with E-state index in [1.54, 1.807) is 6.92 Å². The molecule has 32 heavy (non-hydrogen) atoms. The molecule has 1 aromatic heterocycles. The third-order valence-electron chi connectivity index (χ3n) is 3.91. The van der Waals surface area contributed by atoms with E-state index in [0.29, 0.717) is 5.56 Å². The van der Waals surface area contributed by atoms with Crippen LogP contribution >= 0.6 is 11.8 Å². The van der Waals surface area contributed by atoms with E-state index in [2.05, 4.69) is 14.7 Å². The first-order chi connectivity index (χ1) is 14.7. The molecule has 0 unspecified atom stereocenters. The lowest BCUT2D eigenvalue weighted by molar-refractivity contribution is -0.150. The van der Waals surface area contributed by atoms with Gasteiger partial charge in [0, 0.05) is 18.9 Å². The van der Waals surface area contributed by atoms with Crippen molar-refractivity contribution >= 4 is 29.8 Å². The molecule has 0 aliphatic carbocycles. The summed E-state index contributed by atoms with van der Waals surface area (Å²) < 4.78 is 21.2. The predicted octanol–water partition coefficient (Wildman–Crippen LogP) is 3.49. The molecule has 2 atom stereocenters. The molecule has 1 fully saturated rings. The standard InChI is InChI=1S/C21H31N3O7S/c1-9-28-19(27)29-17(26)14-11-32-16(24(14)12(2)25)13-10-22-18(31-21(6,7)8)23-15(13)30-20(3,4)5/h10,14,16H,9,11H2,1-8H3/t14-,16+/m1/s1. The van der Waals surface area contributed by atoms with Crippen molar-refractivity contribution < 1.29 is 33.3 Å². The van der Waals surface area contributed by atoms with Gasteiger partial charge in [-0.25, -0.2) is 14.6 Å². The van der Waals surface area contributed by atoms with Gasteiger partial charge in [0.2, 0.25) is 11.8 Å². The molecule has 0 radical (unpaired) electrons. The van der Waals surface area contributed by atoms with Crippen molar-refractivity contribution in [2.45, 2.75) is 78.0 Å². The molecule has 1 aliphatic heterocycles. The van der Waals surface area contributed by atoms with Crippen molar-refractivity contribution in [2.24, 2.45) is 0 Å². The summed E-state index contributed by atoms with van der Waals surface area (Å²) in [5.74, 6) is -0.768. The van der Waals surface area contributed by atoms with Crippen molar-refractivity contribution in [1.29, 1.82) is 0 Å². The zero-order valence-corrected chi connectivity index (χ0v) is 20.6. The van der Waals surface area contributed by atoms with Crippen LogP contribution in [0.2, 0.25) is 0 Å². The highest BCUT2D eigenvalue weighted by Crippen LogP contribution is 2.45. The lowest BCUT2D eigenvalue weighted by atomic mass is 10.2. The number of ether oxygens (including phenoxy) is 4. The molecule has 1 amide bonds. The Morgan fingerprint density at radius 2 is 1.75 bits per heavy atom. The maximum atomic E-state index is 12.5. The summed E-state index contributed by atoms with van der Waals surface area (Å²) in [7, 11) is 0. The van der Waals surface area contributed by atoms with Crippen LogP contribution in [0.4, 0.5) is 4.79 Å². The SMILES string of the molecule is CCOC(=O)OC(=O)[C@H]1CS[C@@H](c2cnc(OC(C)(C)C)nc2OC(C)(C)C)N1C(C)=O. The van der Waals surface area contributed by atoms with Crippen LogP contribution in [0.1, 0.15) is 66.3 Å². The Labute approximate surface area is 192 Å². The van der Waals surface area contributed by atoms with Gasteiger partial charge in [-0.05, 0) is 48.5 Å². The van der Waals surface area contributed by atoms with Gasteiger partial charge in [-0.1, -0.05) is 0 Å². The van der Waals surface area contributed by atoms with Crippen LogP contribution in [0.3, 0.4) is 0 Å². The third-order valence-corrected chi connectivity index (χ3v) is 5.21. The lowest BCUT2D eigenvalue weighted by Gasteiger charge is -2.29. The fourth-order valence-electron chi connectivity index (χ4n) is 2.83. The largest absolute Gasteiger partial charge is 0.516 e. The normalized spacial score (nSPS) is 18.8. The van der Waals surface area contributed by atoms with Crippen molar-refractivity contribution in [3.05, 3.63) is 11.8 Å². The van der Waals surface area contributed by atoms with E-state index < -0.39 is 34.7 Å². The summed E-state index contributed by atoms with van der Waals surface area (Å²) in [6.07, 6.45) is 0.431. The number of esters is 1. The molecule has 1 aromatic rings. The average Bonchev–Trinajstić information content (AvgIpc) is 3.04. The van der Waals surface area contributed by atoms with E-state index in [0.717, 1.165) is 0 Å². The van der Waals surface area contributed by atoms with Gasteiger partial charge >= 0.3 is 18.1 Å². The van der Waals surface area contributed by atoms with Crippen LogP contribution in [0.15, 0.2) is 6.20 Å². The quantitative estimate of drug-likeness (QED) is 0.468. The summed E-state index contributed by atoms with van der Waals surface area (Å²) in [6.45, 7) is 14.2. The average molecular weight is 470 g/mol. The molecule has 11 heteroatoms. The molecule has 10 nitrogen and oxygen atoms in total. The highest BCUT2D eigenvalue weighted by molar-refractivity contribution is 7.99. The maximum Gasteiger partial charge on any atom is 0.516 e. The molecule has 2 heterocycles. The minimum atomic E-state index is -1.10. The van der Waals surface area contributed by atoms with Gasteiger partial charge in [0.05, 0.1) is 12.2 Å². The molecule has 1 saturated heterocycles. The molecule has 0 spiro atoms. The zero-order valence-electron chi connectivity index (χ0n) is 19.8. The summed E-state index contributed by atoms with van der Waals surface area (Å²) in [4.78, 5) is 46.6. The Balaban J connectivity index is 2.40. The monoisotopic (exact) mass is 469 g/mol. The van der Waals surface area contributed by atoms with E-state index in [4.69, 9.17) is 14.2 Å². The third kappa shape index (κ3) is 6.98. The van der Waals surface area contributed by atoms with Crippen LogP contribution in [0, 0.1) is 0 Å². The molecule has 178 valence electrons. The van der Waals surface area contributed by atoms with Crippen LogP contribution in [0.5, 0.6) is 11.9 Å². The Kier molecular flexibility index (Phi) is 7.97. The summed E-state index contributed by atoms with van der Waals surface area (Å²) in [6, 6.07) is -0.837. The fraction of sp³-hybridized carbons (Fsp3) is 0.667. The van der Waals surface area contributed by atoms with Gasteiger partial charge in [-0.3, -0.25) is 4.79 Å². The Morgan fingerprint density at radius 3 is 2.28 bits per heavy atom. The van der Waals surface area contributed by atoms with Gasteiger partial charge in [0.25, 0.3) is 0 Å². The Morgan fingerprint density at radius 1 is 1.12 bits per heavy atom. The van der Waals surface area contributed by atoms with Gasteiger partial charge < -0.3 is 23.8 Å². The topological polar surface area (TPSA) is 117 Å². The summed E-state index contributed by atoms with van der Waals surface area (Å²) in [5, 5.41) is -0.617. The highest BCUT2D eigenvalue weighted by Gasteiger charge is 2.44. The first-order valence-electron chi connectivity index (χ1n) is 10.3. The highest BCUT2D eigenvalue weighted by atomic mass is 32.2. The second kappa shape index (κ2) is 9.93. The molecule has 1 aliphatic rings. The van der Waals surface area contributed by atoms with E-state index in [1.165, 1.54) is 29.8 Å². The number of rotatable bonds is 5. The van der Waals surface area contributed by atoms with Gasteiger partial charge in [-0.15, -0.1) is 11.8 Å². The number of carbonyl (C=O) groups excluding carboxylic acids is 3. The molecule has 0 aromatic carbocycles. The number of aromatic nitrogens is 2. The first kappa shape index (κ1) is 25.7. The Hall–Kier alpha value is -2.56. The van der Waals surface area contributed by atoms with Gasteiger partial charge in [-0.2, -0.15) is 4.98 Å². The van der Waals surface area contributed by atoms with Gasteiger partial charge in [0.15, 0.2) is 0 Å². The van der Waals surface area contributed by atoms with E-state index in [-0.39, 0.29) is 30.2 Å². The smallest absolute Gasteiger partial charge is 0.472 e. The molecule has 0 saturated carbocycles. The fourth-order valence-corrected chi connectivity index (χ4v) is 4.29. The second-order valence-corrected chi connectivity index (χ2v) is 10.2. The van der Waals surface area contributed by atoms with Crippen molar-refractivity contribution in [2.75, 3.05) is 12.4 Å². The minimum absolute atomic E-state index is 0.0679. The summed E-state index contributed by atoms with van der Waals surface area (Å²) >= 11 is 1.32. The molecule has 0 N–H and O–H groups in total. The van der Waals surface area contributed by atoms with Crippen molar-refractivity contribution in [1.82, 2.24) is 14.9 Å².